The first-order valence-electron chi connectivity index (χ1n) is 41.4. The van der Waals surface area contributed by atoms with Gasteiger partial charge in [-0.3, -0.25) is 0 Å². The molecule has 0 aliphatic rings. The van der Waals surface area contributed by atoms with Crippen LogP contribution < -0.4 is 93.5 Å². The highest BCUT2D eigenvalue weighted by Crippen LogP contribution is 2.42. The first kappa shape index (κ1) is 94.3. The molecule has 14 aromatic carbocycles. The average Bonchev–Trinajstić information content (AvgIpc) is 0.719. The van der Waals surface area contributed by atoms with Gasteiger partial charge < -0.3 is 93.5 Å². The number of fused-ring (bicyclic) bond motifs is 7. The van der Waals surface area contributed by atoms with Crippen molar-refractivity contribution >= 4 is 211 Å². The minimum atomic E-state index is -0.328. The Hall–Kier alpha value is -17.3. The van der Waals surface area contributed by atoms with Gasteiger partial charge in [0.05, 0.1) is 83.4 Å². The maximum atomic E-state index is 12.9. The van der Waals surface area contributed by atoms with E-state index in [0.717, 1.165) is 89.4 Å². The first-order chi connectivity index (χ1) is 66.4. The summed E-state index contributed by atoms with van der Waals surface area (Å²) in [5.74, 6) is 7.60. The lowest BCUT2D eigenvalue weighted by molar-refractivity contribution is 0.413. The third-order valence-corrected chi connectivity index (χ3v) is 24.1. The maximum absolute atomic E-state index is 12.9. The smallest absolute Gasteiger partial charge is 0.222 e. The summed E-state index contributed by atoms with van der Waals surface area (Å²) in [5.41, 5.74) is 81.5. The van der Waals surface area contributed by atoms with Crippen LogP contribution in [-0.4, -0.2) is 76.9 Å². The molecule has 26 N–H and O–H groups in total. The van der Waals surface area contributed by atoms with Gasteiger partial charge in [-0.05, 0) is 213 Å². The van der Waals surface area contributed by atoms with E-state index in [0.29, 0.717) is 101 Å². The number of para-hydroxylation sites is 1. The highest BCUT2D eigenvalue weighted by molar-refractivity contribution is 8.00. The number of nitrogens with two attached hydrogens (primary N) is 13. The Kier molecular flexibility index (Phi) is 30.5. The van der Waals surface area contributed by atoms with Crippen molar-refractivity contribution in [3.05, 3.63) is 338 Å². The zero-order valence-electron chi connectivity index (χ0n) is 72.9. The second-order valence-corrected chi connectivity index (χ2v) is 34.1. The number of nitrogen functional groups attached to an aromatic ring is 13. The van der Waals surface area contributed by atoms with Crippen molar-refractivity contribution in [1.29, 1.82) is 0 Å². The van der Waals surface area contributed by atoms with Crippen molar-refractivity contribution in [3.8, 4) is 40.2 Å². The lowest BCUT2D eigenvalue weighted by Gasteiger charge is -2.10. The minimum Gasteiger partial charge on any atom is -0.497 e. The second-order valence-electron chi connectivity index (χ2n) is 29.2. The number of aromatic nitrogens is 14. The largest absolute Gasteiger partial charge is 0.497 e. The van der Waals surface area contributed by atoms with E-state index in [1.807, 2.05) is 224 Å². The topological polar surface area (TPSA) is 556 Å². The number of rotatable bonds is 15. The van der Waals surface area contributed by atoms with Crippen molar-refractivity contribution in [2.24, 2.45) is 0 Å². The maximum Gasteiger partial charge on any atom is 0.222 e. The lowest BCUT2D eigenvalue weighted by atomic mass is 10.2. The van der Waals surface area contributed by atoms with Gasteiger partial charge in [0.1, 0.15) is 93.1 Å². The monoisotopic (exact) mass is 1910 g/mol. The molecule has 0 unspecified atom stereocenters. The first-order valence-corrected chi connectivity index (χ1v) is 45.1. The molecule has 0 saturated heterocycles. The molecular weight excluding hydrogens is 1830 g/mol. The van der Waals surface area contributed by atoms with Crippen LogP contribution in [0.5, 0.6) is 40.2 Å². The minimum absolute atomic E-state index is 0.105. The third kappa shape index (κ3) is 24.5. The van der Waals surface area contributed by atoms with Gasteiger partial charge in [-0.1, -0.05) is 173 Å². The number of halogens is 2. The van der Waals surface area contributed by atoms with Gasteiger partial charge in [0.2, 0.25) is 35.7 Å². The fourth-order valence-electron chi connectivity index (χ4n) is 13.5. The zero-order chi connectivity index (χ0) is 96.0. The summed E-state index contributed by atoms with van der Waals surface area (Å²) in [4.78, 5) is 66.0. The zero-order valence-corrected chi connectivity index (χ0v) is 76.9. The van der Waals surface area contributed by atoms with Gasteiger partial charge in [-0.15, -0.1) is 0 Å². The van der Waals surface area contributed by atoms with Crippen LogP contribution in [0.3, 0.4) is 0 Å². The number of aryl methyl sites for hydroxylation is 1. The standard InChI is InChI=1S/C15H14N4O2.C15H14N4S.C14H11ClN4S.C14H11FN4O.C14H12N4O.C14H12N4S.C14H11N3S/c1-20-9-5-7-10(8-6-9)21-12-4-2-3-11-13(12)14(16)19-15(17)18-11;1-9-5-7-10(8-6-9)20-12-4-2-3-11-13(12)14(16)19-15(17)18-11;2*15-8-4-6-9(7-5-8)20-11-3-1-2-10-12(11)13(16)19-14(17)18-10;2*15-13-12-10(17-14(16)18-13)7-4-8-11(12)19-9-5-2-1-3-6-9;15-14-13-11(16-9-17-14)7-4-8-12(13)18-10-5-2-1-3-6-10/h2-8H,1H3,(H4,16,17,18,19);2-8H,1H3,(H4,16,17,18,19);2*1-7H,(H4,16,17,18,19);2*1-8H,(H4,15,16,17,18);1-9H,(H2,15,16,17). The quantitative estimate of drug-likeness (QED) is 0.0453. The van der Waals surface area contributed by atoms with E-state index in [4.69, 9.17) is 105 Å². The summed E-state index contributed by atoms with van der Waals surface area (Å²) >= 11 is 12.4. The fourth-order valence-corrected chi connectivity index (χ4v) is 17.6. The summed E-state index contributed by atoms with van der Waals surface area (Å²) in [7, 11) is 1.61. The third-order valence-electron chi connectivity index (χ3n) is 19.6. The Labute approximate surface area is 805 Å². The Morgan fingerprint density at radius 1 is 0.241 bits per heavy atom. The SMILES string of the molecule is COc1ccc(Oc2cccc3nc(N)nc(N)c23)cc1.Cc1ccc(Sc2cccc3nc(N)nc(N)c23)cc1.Nc1nc(N)c2c(Oc3ccc(F)cc3)cccc2n1.Nc1nc(N)c2c(Oc3ccccc3)cccc2n1.Nc1nc(N)c2c(Sc3ccc(Cl)cc3)cccc2n1.Nc1nc(N)c2c(Sc3ccccc3)cccc2n1.Nc1ncnc2cccc(Sc3ccccc3)c12. The molecule has 682 valence electrons. The molecule has 31 nitrogen and oxygen atoms in total. The van der Waals surface area contributed by atoms with Gasteiger partial charge in [0.25, 0.3) is 0 Å². The Morgan fingerprint density at radius 2 is 0.504 bits per heavy atom. The van der Waals surface area contributed by atoms with E-state index in [1.54, 1.807) is 72.4 Å². The molecule has 0 atom stereocenters. The Morgan fingerprint density at radius 3 is 0.839 bits per heavy atom. The predicted octanol–water partition coefficient (Wildman–Crippen LogP) is 21.1. The number of methoxy groups -OCH3 is 1. The summed E-state index contributed by atoms with van der Waals surface area (Å²) in [6.45, 7) is 2.07. The molecule has 137 heavy (non-hydrogen) atoms. The molecule has 0 aliphatic carbocycles. The van der Waals surface area contributed by atoms with Crippen LogP contribution in [0.1, 0.15) is 5.56 Å². The number of nitrogens with zero attached hydrogens (tertiary/aromatic N) is 14. The van der Waals surface area contributed by atoms with Gasteiger partial charge in [0, 0.05) is 44.2 Å². The molecule has 0 spiro atoms. The van der Waals surface area contributed by atoms with Crippen molar-refractivity contribution in [2.45, 2.75) is 46.1 Å². The molecule has 0 fully saturated rings. The van der Waals surface area contributed by atoms with E-state index in [-0.39, 0.29) is 47.3 Å². The van der Waals surface area contributed by atoms with E-state index >= 15 is 0 Å². The normalized spacial score (nSPS) is 10.7. The summed E-state index contributed by atoms with van der Waals surface area (Å²) in [6, 6.07) is 98.4. The van der Waals surface area contributed by atoms with Gasteiger partial charge in [-0.25, -0.2) is 44.3 Å². The number of hydrogen-bond donors (Lipinski definition) is 13. The summed E-state index contributed by atoms with van der Waals surface area (Å²) in [5, 5.41) is 6.05. The molecule has 7 heterocycles. The van der Waals surface area contributed by atoms with Crippen LogP contribution in [-0.2, 0) is 0 Å². The van der Waals surface area contributed by atoms with Crippen LogP contribution in [0.15, 0.2) is 361 Å². The fraction of sp³-hybridized carbons (Fsp3) is 0.0200. The highest BCUT2D eigenvalue weighted by Gasteiger charge is 2.19. The van der Waals surface area contributed by atoms with Gasteiger partial charge in [-0.2, -0.15) is 29.9 Å². The van der Waals surface area contributed by atoms with Crippen LogP contribution in [0.2, 0.25) is 5.02 Å². The average molecular weight is 1910 g/mol. The van der Waals surface area contributed by atoms with Crippen LogP contribution in [0.25, 0.3) is 76.3 Å². The Bertz CT molecular complexity index is 7390. The molecule has 0 saturated carbocycles. The molecule has 21 aromatic rings. The van der Waals surface area contributed by atoms with E-state index < -0.39 is 0 Å². The number of anilines is 13. The molecule has 37 heteroatoms. The second kappa shape index (κ2) is 44.3. The number of ether oxygens (including phenoxy) is 4. The highest BCUT2D eigenvalue weighted by atomic mass is 35.5. The van der Waals surface area contributed by atoms with Gasteiger partial charge >= 0.3 is 0 Å². The molecule has 0 bridgehead atoms. The number of hydrogen-bond acceptors (Lipinski definition) is 35. The van der Waals surface area contributed by atoms with Crippen LogP contribution >= 0.6 is 58.6 Å². The number of benzene rings is 14. The van der Waals surface area contributed by atoms with E-state index in [1.165, 1.54) is 41.1 Å². The molecule has 21 rings (SSSR count). The predicted molar refractivity (Wildman–Crippen MR) is 552 cm³/mol. The molecule has 0 radical (unpaired) electrons. The summed E-state index contributed by atoms with van der Waals surface area (Å²) < 4.78 is 35.4. The van der Waals surface area contributed by atoms with E-state index in [2.05, 4.69) is 125 Å². The molecular formula is C100H85ClFN27O4S4. The van der Waals surface area contributed by atoms with Crippen molar-refractivity contribution in [3.63, 3.8) is 0 Å². The Balaban J connectivity index is 0.000000121. The molecule has 0 amide bonds. The molecule has 7 aromatic heterocycles. The van der Waals surface area contributed by atoms with Crippen LogP contribution in [0, 0.1) is 12.7 Å². The molecule has 0 aliphatic heterocycles. The van der Waals surface area contributed by atoms with E-state index in [9.17, 15) is 4.39 Å². The summed E-state index contributed by atoms with van der Waals surface area (Å²) in [6.07, 6.45) is 1.49. The van der Waals surface area contributed by atoms with Crippen LogP contribution in [0.4, 0.5) is 80.8 Å². The van der Waals surface area contributed by atoms with Crippen molar-refractivity contribution in [1.82, 2.24) is 69.8 Å². The van der Waals surface area contributed by atoms with Gasteiger partial charge in [0.15, 0.2) is 0 Å². The van der Waals surface area contributed by atoms with Crippen molar-refractivity contribution < 1.29 is 23.3 Å². The lowest BCUT2D eigenvalue weighted by Crippen LogP contribution is -2.01. The van der Waals surface area contributed by atoms with Crippen molar-refractivity contribution in [2.75, 3.05) is 81.6 Å².